The summed E-state index contributed by atoms with van der Waals surface area (Å²) >= 11 is 0. The summed E-state index contributed by atoms with van der Waals surface area (Å²) in [5, 5.41) is 33.1. The first-order valence-electron chi connectivity index (χ1n) is 10.3. The largest absolute Gasteiger partial charge is 0.494 e. The number of benzene rings is 2. The second-order valence-corrected chi connectivity index (χ2v) is 8.57. The highest BCUT2D eigenvalue weighted by Crippen LogP contribution is 2.66. The van der Waals surface area contributed by atoms with Crippen LogP contribution in [0.3, 0.4) is 0 Å². The fourth-order valence-electron chi connectivity index (χ4n) is 5.42. The first-order chi connectivity index (χ1) is 14.8. The van der Waals surface area contributed by atoms with E-state index >= 15 is 0 Å². The van der Waals surface area contributed by atoms with Gasteiger partial charge in [0.05, 0.1) is 29.0 Å². The van der Waals surface area contributed by atoms with Crippen molar-refractivity contribution in [2.24, 2.45) is 0 Å². The minimum atomic E-state index is -0.869. The highest BCUT2D eigenvalue weighted by molar-refractivity contribution is 6.00. The SMILES string of the molecule is [C-]#[N+]c1ccc(-n2c(O)c3c(c2O)C2(CCCC(=O)O)CCC3(C)O2)c2ccccc12. The van der Waals surface area contributed by atoms with Gasteiger partial charge in [0, 0.05) is 6.42 Å². The summed E-state index contributed by atoms with van der Waals surface area (Å²) in [7, 11) is 0. The maximum atomic E-state index is 11.3. The minimum absolute atomic E-state index is 0.0212. The average Bonchev–Trinajstić information content (AvgIpc) is 3.32. The molecular weight excluding hydrogens is 396 g/mol. The molecule has 7 nitrogen and oxygen atoms in total. The lowest BCUT2D eigenvalue weighted by atomic mass is 9.77. The predicted octanol–water partition coefficient (Wildman–Crippen LogP) is 5.08. The Bertz CT molecular complexity index is 1290. The third-order valence-electron chi connectivity index (χ3n) is 6.74. The summed E-state index contributed by atoms with van der Waals surface area (Å²) in [6, 6.07) is 10.8. The molecule has 0 saturated carbocycles. The van der Waals surface area contributed by atoms with Crippen molar-refractivity contribution in [1.29, 1.82) is 0 Å². The Morgan fingerprint density at radius 1 is 1.13 bits per heavy atom. The molecule has 2 unspecified atom stereocenters. The molecule has 0 amide bonds. The molecule has 0 spiro atoms. The summed E-state index contributed by atoms with van der Waals surface area (Å²) in [4.78, 5) is 14.6. The number of aliphatic carboxylic acids is 1. The van der Waals surface area contributed by atoms with E-state index < -0.39 is 17.2 Å². The van der Waals surface area contributed by atoms with Gasteiger partial charge in [0.15, 0.2) is 5.69 Å². The van der Waals surface area contributed by atoms with E-state index in [2.05, 4.69) is 4.85 Å². The molecule has 2 aliphatic heterocycles. The van der Waals surface area contributed by atoms with E-state index in [4.69, 9.17) is 16.4 Å². The normalized spacial score (nSPS) is 23.7. The summed E-state index contributed by atoms with van der Waals surface area (Å²) < 4.78 is 7.78. The number of carboxylic acid groups (broad SMARTS) is 1. The zero-order valence-electron chi connectivity index (χ0n) is 17.1. The molecule has 1 aromatic heterocycles. The summed E-state index contributed by atoms with van der Waals surface area (Å²) in [5.74, 6) is -1.03. The van der Waals surface area contributed by atoms with Crippen LogP contribution in [0.25, 0.3) is 21.3 Å². The van der Waals surface area contributed by atoms with Crippen LogP contribution >= 0.6 is 0 Å². The second-order valence-electron chi connectivity index (χ2n) is 8.57. The van der Waals surface area contributed by atoms with Crippen LogP contribution in [0.2, 0.25) is 0 Å². The highest BCUT2D eigenvalue weighted by Gasteiger charge is 2.61. The van der Waals surface area contributed by atoms with Crippen molar-refractivity contribution in [2.45, 2.75) is 50.2 Å². The number of carboxylic acids is 1. The van der Waals surface area contributed by atoms with Crippen LogP contribution < -0.4 is 0 Å². The molecule has 1 fully saturated rings. The van der Waals surface area contributed by atoms with Crippen LogP contribution in [0.15, 0.2) is 36.4 Å². The molecule has 2 aromatic carbocycles. The minimum Gasteiger partial charge on any atom is -0.494 e. The van der Waals surface area contributed by atoms with E-state index in [9.17, 15) is 15.0 Å². The van der Waals surface area contributed by atoms with Crippen molar-refractivity contribution < 1.29 is 24.9 Å². The van der Waals surface area contributed by atoms with Crippen molar-refractivity contribution >= 4 is 22.4 Å². The molecule has 3 N–H and O–H groups in total. The monoisotopic (exact) mass is 418 g/mol. The zero-order valence-corrected chi connectivity index (χ0v) is 17.1. The smallest absolute Gasteiger partial charge is 0.303 e. The molecule has 0 radical (unpaired) electrons. The van der Waals surface area contributed by atoms with Crippen LogP contribution in [-0.2, 0) is 20.7 Å². The molecule has 0 aliphatic carbocycles. The number of rotatable bonds is 5. The number of carbonyl (C=O) groups is 1. The number of fused-ring (bicyclic) bond motifs is 6. The lowest BCUT2D eigenvalue weighted by molar-refractivity contribution is -0.137. The van der Waals surface area contributed by atoms with Crippen molar-refractivity contribution in [3.63, 3.8) is 0 Å². The Morgan fingerprint density at radius 2 is 1.84 bits per heavy atom. The quantitative estimate of drug-likeness (QED) is 0.502. The van der Waals surface area contributed by atoms with Crippen molar-refractivity contribution in [1.82, 2.24) is 4.57 Å². The topological polar surface area (TPSA) is 96.3 Å². The molecule has 3 heterocycles. The maximum absolute atomic E-state index is 11.3. The van der Waals surface area contributed by atoms with Crippen LogP contribution in [0.4, 0.5) is 5.69 Å². The predicted molar refractivity (Wildman–Crippen MR) is 114 cm³/mol. The fourth-order valence-corrected chi connectivity index (χ4v) is 5.42. The van der Waals surface area contributed by atoms with Gasteiger partial charge in [-0.3, -0.25) is 9.36 Å². The lowest BCUT2D eigenvalue weighted by Gasteiger charge is -2.26. The van der Waals surface area contributed by atoms with Gasteiger partial charge in [-0.25, -0.2) is 4.85 Å². The van der Waals surface area contributed by atoms with Crippen LogP contribution in [0.1, 0.15) is 50.2 Å². The summed E-state index contributed by atoms with van der Waals surface area (Å²) in [5.41, 5.74) is 0.665. The Balaban J connectivity index is 1.71. The summed E-state index contributed by atoms with van der Waals surface area (Å²) in [6.07, 6.45) is 2.23. The third kappa shape index (κ3) is 2.58. The molecule has 3 aromatic rings. The molecule has 2 atom stereocenters. The number of ether oxygens (including phenoxy) is 1. The molecule has 2 aliphatic rings. The van der Waals surface area contributed by atoms with E-state index in [1.54, 1.807) is 12.1 Å². The van der Waals surface area contributed by atoms with Crippen LogP contribution in [0, 0.1) is 6.57 Å². The number of nitrogens with zero attached hydrogens (tertiary/aromatic N) is 2. The van der Waals surface area contributed by atoms with E-state index in [1.165, 1.54) is 4.57 Å². The van der Waals surface area contributed by atoms with E-state index in [-0.39, 0.29) is 18.2 Å². The van der Waals surface area contributed by atoms with E-state index in [0.717, 1.165) is 10.8 Å². The van der Waals surface area contributed by atoms with Gasteiger partial charge in [0.2, 0.25) is 11.8 Å². The van der Waals surface area contributed by atoms with E-state index in [0.29, 0.717) is 48.2 Å². The molecule has 5 rings (SSSR count). The van der Waals surface area contributed by atoms with Gasteiger partial charge in [0.25, 0.3) is 0 Å². The van der Waals surface area contributed by atoms with Gasteiger partial charge in [-0.1, -0.05) is 30.3 Å². The number of aromatic nitrogens is 1. The fraction of sp³-hybridized carbons (Fsp3) is 0.333. The first kappa shape index (κ1) is 19.5. The van der Waals surface area contributed by atoms with Crippen LogP contribution in [-0.4, -0.2) is 25.9 Å². The lowest BCUT2D eigenvalue weighted by Crippen LogP contribution is -2.23. The third-order valence-corrected chi connectivity index (χ3v) is 6.74. The molecule has 158 valence electrons. The van der Waals surface area contributed by atoms with Gasteiger partial charge in [-0.15, -0.1) is 0 Å². The Kier molecular flexibility index (Phi) is 4.08. The average molecular weight is 418 g/mol. The van der Waals surface area contributed by atoms with Crippen molar-refractivity contribution in [3.8, 4) is 17.4 Å². The Morgan fingerprint density at radius 3 is 2.55 bits per heavy atom. The molecule has 7 heteroatoms. The van der Waals surface area contributed by atoms with Crippen molar-refractivity contribution in [2.75, 3.05) is 0 Å². The molecular formula is C24H22N2O5. The number of hydrogen-bond acceptors (Lipinski definition) is 4. The second kappa shape index (κ2) is 6.50. The van der Waals surface area contributed by atoms with Gasteiger partial charge in [0.1, 0.15) is 5.60 Å². The Labute approximate surface area is 178 Å². The zero-order chi connectivity index (χ0) is 22.0. The van der Waals surface area contributed by atoms with Gasteiger partial charge in [-0.2, -0.15) is 0 Å². The first-order valence-corrected chi connectivity index (χ1v) is 10.3. The molecule has 2 bridgehead atoms. The molecule has 31 heavy (non-hydrogen) atoms. The van der Waals surface area contributed by atoms with E-state index in [1.807, 2.05) is 31.2 Å². The number of aromatic hydroxyl groups is 2. The maximum Gasteiger partial charge on any atom is 0.303 e. The van der Waals surface area contributed by atoms with Gasteiger partial charge < -0.3 is 20.1 Å². The van der Waals surface area contributed by atoms with Crippen LogP contribution in [0.5, 0.6) is 11.8 Å². The standard InChI is InChI=1S/C24H22N2O5/c1-23-12-13-24(31-23,11-5-8-18(27)28)20-19(23)21(29)26(22(20)30)17-10-9-16(25-2)14-6-3-4-7-15(14)17/h3-4,6-7,9-10,29-30H,5,8,11-13H2,1H3,(H,27,28). The summed E-state index contributed by atoms with van der Waals surface area (Å²) in [6.45, 7) is 9.33. The number of hydrogen-bond donors (Lipinski definition) is 3. The Hall–Kier alpha value is -3.50. The highest BCUT2D eigenvalue weighted by atomic mass is 16.5. The molecule has 1 saturated heterocycles. The van der Waals surface area contributed by atoms with Crippen molar-refractivity contribution in [3.05, 3.63) is 58.9 Å². The van der Waals surface area contributed by atoms with Gasteiger partial charge >= 0.3 is 5.97 Å². The van der Waals surface area contributed by atoms with Gasteiger partial charge in [-0.05, 0) is 49.4 Å².